The summed E-state index contributed by atoms with van der Waals surface area (Å²) in [6.45, 7) is 0. The number of benzene rings is 2. The third kappa shape index (κ3) is 3.00. The summed E-state index contributed by atoms with van der Waals surface area (Å²) in [5.74, 6) is -4.47. The van der Waals surface area contributed by atoms with E-state index in [0.717, 1.165) is 6.08 Å². The second kappa shape index (κ2) is 6.32. The molecule has 134 valence electrons. The van der Waals surface area contributed by atoms with E-state index in [1.54, 1.807) is 0 Å². The second-order valence-corrected chi connectivity index (χ2v) is 5.73. The standard InChI is InChI=1S/C18H14O8/c19-11-3-2-9(7-12(11)20)15-10-5-8(1-4-14(22)23)6-13(21)16(10)26-17(15)18(24)25/h1-7,15,17,19-21H,(H,22,23)(H,24,25)/b4-1+. The van der Waals surface area contributed by atoms with Gasteiger partial charge in [-0.25, -0.2) is 9.59 Å². The number of rotatable bonds is 4. The molecule has 0 aromatic heterocycles. The molecular weight excluding hydrogens is 344 g/mol. The lowest BCUT2D eigenvalue weighted by molar-refractivity contribution is -0.144. The van der Waals surface area contributed by atoms with Gasteiger partial charge in [0.25, 0.3) is 0 Å². The average Bonchev–Trinajstić information content (AvgIpc) is 2.96. The van der Waals surface area contributed by atoms with Crippen LogP contribution in [0.4, 0.5) is 0 Å². The third-order valence-electron chi connectivity index (χ3n) is 4.02. The Labute approximate surface area is 146 Å². The number of ether oxygens (including phenoxy) is 1. The van der Waals surface area contributed by atoms with E-state index in [1.807, 2.05) is 0 Å². The van der Waals surface area contributed by atoms with E-state index in [1.165, 1.54) is 36.4 Å². The van der Waals surface area contributed by atoms with Gasteiger partial charge in [0.05, 0.1) is 5.92 Å². The van der Waals surface area contributed by atoms with Gasteiger partial charge in [0.15, 0.2) is 23.0 Å². The first-order valence-electron chi connectivity index (χ1n) is 7.47. The van der Waals surface area contributed by atoms with Crippen molar-refractivity contribution in [3.8, 4) is 23.0 Å². The quantitative estimate of drug-likeness (QED) is 0.411. The molecule has 0 aliphatic carbocycles. The fraction of sp³-hybridized carbons (Fsp3) is 0.111. The van der Waals surface area contributed by atoms with E-state index in [2.05, 4.69) is 0 Å². The maximum atomic E-state index is 11.6. The highest BCUT2D eigenvalue weighted by Gasteiger charge is 2.42. The first-order valence-corrected chi connectivity index (χ1v) is 7.47. The molecule has 0 amide bonds. The molecule has 8 nitrogen and oxygen atoms in total. The number of phenolic OH excluding ortho intramolecular Hbond substituents is 3. The number of phenols is 3. The zero-order valence-corrected chi connectivity index (χ0v) is 13.2. The van der Waals surface area contributed by atoms with Gasteiger partial charge in [-0.2, -0.15) is 0 Å². The second-order valence-electron chi connectivity index (χ2n) is 5.73. The fourth-order valence-corrected chi connectivity index (χ4v) is 2.92. The van der Waals surface area contributed by atoms with Crippen LogP contribution >= 0.6 is 0 Å². The minimum absolute atomic E-state index is 0.0255. The van der Waals surface area contributed by atoms with Gasteiger partial charge >= 0.3 is 11.9 Å². The van der Waals surface area contributed by atoms with Crippen molar-refractivity contribution in [3.63, 3.8) is 0 Å². The number of aliphatic carboxylic acids is 2. The molecule has 2 aromatic carbocycles. The van der Waals surface area contributed by atoms with E-state index in [0.29, 0.717) is 16.7 Å². The highest BCUT2D eigenvalue weighted by Crippen LogP contribution is 2.48. The van der Waals surface area contributed by atoms with Crippen LogP contribution < -0.4 is 4.74 Å². The first-order chi connectivity index (χ1) is 12.3. The van der Waals surface area contributed by atoms with E-state index in [-0.39, 0.29) is 17.2 Å². The molecule has 2 atom stereocenters. The Kier molecular flexibility index (Phi) is 4.17. The molecule has 1 aliphatic rings. The summed E-state index contributed by atoms with van der Waals surface area (Å²) in [5.41, 5.74) is 1.02. The molecule has 0 bridgehead atoms. The van der Waals surface area contributed by atoms with Gasteiger partial charge in [0, 0.05) is 11.6 Å². The summed E-state index contributed by atoms with van der Waals surface area (Å²) in [4.78, 5) is 22.3. The summed E-state index contributed by atoms with van der Waals surface area (Å²) >= 11 is 0. The third-order valence-corrected chi connectivity index (χ3v) is 4.02. The van der Waals surface area contributed by atoms with Crippen molar-refractivity contribution in [2.24, 2.45) is 0 Å². The van der Waals surface area contributed by atoms with Crippen LogP contribution in [0.1, 0.15) is 22.6 Å². The molecule has 1 aliphatic heterocycles. The summed E-state index contributed by atoms with van der Waals surface area (Å²) < 4.78 is 5.38. The van der Waals surface area contributed by atoms with Crippen LogP contribution in [0.3, 0.4) is 0 Å². The monoisotopic (exact) mass is 358 g/mol. The molecule has 2 unspecified atom stereocenters. The predicted octanol–water partition coefficient (Wildman–Crippen LogP) is 1.88. The minimum Gasteiger partial charge on any atom is -0.504 e. The number of hydrogen-bond donors (Lipinski definition) is 5. The van der Waals surface area contributed by atoms with Crippen molar-refractivity contribution in [1.29, 1.82) is 0 Å². The number of carboxylic acid groups (broad SMARTS) is 2. The van der Waals surface area contributed by atoms with Crippen LogP contribution in [0.5, 0.6) is 23.0 Å². The van der Waals surface area contributed by atoms with Crippen molar-refractivity contribution in [1.82, 2.24) is 0 Å². The van der Waals surface area contributed by atoms with Gasteiger partial charge in [-0.1, -0.05) is 6.07 Å². The van der Waals surface area contributed by atoms with Crippen molar-refractivity contribution >= 4 is 18.0 Å². The lowest BCUT2D eigenvalue weighted by atomic mass is 9.87. The molecule has 0 spiro atoms. The Morgan fingerprint density at radius 1 is 0.962 bits per heavy atom. The SMILES string of the molecule is O=C(O)/C=C/c1cc(O)c2c(c1)C(c1ccc(O)c(O)c1)C(C(=O)O)O2. The normalized spacial score (nSPS) is 18.5. The Morgan fingerprint density at radius 2 is 1.69 bits per heavy atom. The number of carbonyl (C=O) groups is 2. The van der Waals surface area contributed by atoms with Crippen LogP contribution in [0, 0.1) is 0 Å². The highest BCUT2D eigenvalue weighted by molar-refractivity contribution is 5.86. The molecule has 0 radical (unpaired) electrons. The molecule has 8 heteroatoms. The van der Waals surface area contributed by atoms with Crippen LogP contribution in [0.25, 0.3) is 6.08 Å². The molecular formula is C18H14O8. The largest absolute Gasteiger partial charge is 0.504 e. The van der Waals surface area contributed by atoms with Gasteiger partial charge in [-0.3, -0.25) is 0 Å². The number of hydrogen-bond acceptors (Lipinski definition) is 6. The van der Waals surface area contributed by atoms with Gasteiger partial charge in [-0.15, -0.1) is 0 Å². The lowest BCUT2D eigenvalue weighted by Gasteiger charge is -2.16. The Morgan fingerprint density at radius 3 is 2.31 bits per heavy atom. The van der Waals surface area contributed by atoms with Crippen molar-refractivity contribution in [2.45, 2.75) is 12.0 Å². The minimum atomic E-state index is -1.36. The lowest BCUT2D eigenvalue weighted by Crippen LogP contribution is -2.29. The van der Waals surface area contributed by atoms with Crippen LogP contribution in [0.15, 0.2) is 36.4 Å². The van der Waals surface area contributed by atoms with Gasteiger partial charge in [0.1, 0.15) is 0 Å². The van der Waals surface area contributed by atoms with E-state index in [4.69, 9.17) is 9.84 Å². The molecule has 1 heterocycles. The smallest absolute Gasteiger partial charge is 0.345 e. The van der Waals surface area contributed by atoms with Gasteiger partial charge in [0.2, 0.25) is 6.10 Å². The molecule has 0 saturated carbocycles. The molecule has 2 aromatic rings. The van der Waals surface area contributed by atoms with Gasteiger partial charge < -0.3 is 30.3 Å². The summed E-state index contributed by atoms with van der Waals surface area (Å²) in [6.07, 6.45) is 0.771. The van der Waals surface area contributed by atoms with Crippen molar-refractivity contribution < 1.29 is 39.9 Å². The summed E-state index contributed by atoms with van der Waals surface area (Å²) in [6, 6.07) is 6.63. The van der Waals surface area contributed by atoms with Gasteiger partial charge in [-0.05, 0) is 41.5 Å². The summed E-state index contributed by atoms with van der Waals surface area (Å²) in [5, 5.41) is 47.5. The maximum Gasteiger partial charge on any atom is 0.345 e. The van der Waals surface area contributed by atoms with Crippen LogP contribution in [-0.4, -0.2) is 43.6 Å². The number of carboxylic acids is 2. The summed E-state index contributed by atoms with van der Waals surface area (Å²) in [7, 11) is 0. The highest BCUT2D eigenvalue weighted by atomic mass is 16.5. The van der Waals surface area contributed by atoms with E-state index < -0.39 is 29.7 Å². The molecule has 5 N–H and O–H groups in total. The van der Waals surface area contributed by atoms with Crippen LogP contribution in [-0.2, 0) is 9.59 Å². The van der Waals surface area contributed by atoms with Crippen molar-refractivity contribution in [3.05, 3.63) is 53.1 Å². The Hall–Kier alpha value is -3.68. The molecule has 0 fully saturated rings. The number of aromatic hydroxyl groups is 3. The average molecular weight is 358 g/mol. The van der Waals surface area contributed by atoms with Crippen molar-refractivity contribution in [2.75, 3.05) is 0 Å². The predicted molar refractivity (Wildman–Crippen MR) is 88.4 cm³/mol. The Balaban J connectivity index is 2.15. The number of fused-ring (bicyclic) bond motifs is 1. The molecule has 0 saturated heterocycles. The fourth-order valence-electron chi connectivity index (χ4n) is 2.92. The zero-order valence-electron chi connectivity index (χ0n) is 13.2. The van der Waals surface area contributed by atoms with E-state index in [9.17, 15) is 30.0 Å². The topological polar surface area (TPSA) is 145 Å². The zero-order chi connectivity index (χ0) is 19.0. The van der Waals surface area contributed by atoms with Crippen LogP contribution in [0.2, 0.25) is 0 Å². The first kappa shape index (κ1) is 17.2. The Bertz CT molecular complexity index is 931. The molecule has 26 heavy (non-hydrogen) atoms. The molecule has 3 rings (SSSR count). The van der Waals surface area contributed by atoms with E-state index >= 15 is 0 Å². The maximum absolute atomic E-state index is 11.6.